The highest BCUT2D eigenvalue weighted by molar-refractivity contribution is 5.89. The van der Waals surface area contributed by atoms with Gasteiger partial charge in [0.25, 0.3) is 0 Å². The van der Waals surface area contributed by atoms with Crippen LogP contribution >= 0.6 is 0 Å². The summed E-state index contributed by atoms with van der Waals surface area (Å²) in [4.78, 5) is 20.9. The SMILES string of the molecule is CN(CCCCCc1cc(-c2ccc(F)cc2)n[nH]1)C(=O)Nc1ccc(N2CCCC2)nc1. The lowest BCUT2D eigenvalue weighted by molar-refractivity contribution is 0.221. The number of aryl methyl sites for hydroxylation is 1. The van der Waals surface area contributed by atoms with Crippen molar-refractivity contribution in [3.63, 3.8) is 0 Å². The van der Waals surface area contributed by atoms with Gasteiger partial charge in [0, 0.05) is 37.9 Å². The summed E-state index contributed by atoms with van der Waals surface area (Å²) < 4.78 is 13.1. The van der Waals surface area contributed by atoms with Crippen molar-refractivity contribution in [2.24, 2.45) is 0 Å². The maximum absolute atomic E-state index is 13.1. The second kappa shape index (κ2) is 10.9. The van der Waals surface area contributed by atoms with Gasteiger partial charge >= 0.3 is 6.03 Å². The van der Waals surface area contributed by atoms with E-state index in [1.54, 1.807) is 23.2 Å². The molecule has 0 spiro atoms. The highest BCUT2D eigenvalue weighted by Gasteiger charge is 2.14. The fraction of sp³-hybridized carbons (Fsp3) is 0.400. The van der Waals surface area contributed by atoms with Crippen molar-refractivity contribution < 1.29 is 9.18 Å². The van der Waals surface area contributed by atoms with Gasteiger partial charge in [-0.05, 0) is 74.6 Å². The molecular formula is C25H31FN6O. The zero-order valence-corrected chi connectivity index (χ0v) is 19.1. The quantitative estimate of drug-likeness (QED) is 0.445. The minimum absolute atomic E-state index is 0.122. The van der Waals surface area contributed by atoms with E-state index in [2.05, 4.69) is 25.4 Å². The Bertz CT molecular complexity index is 1030. The van der Waals surface area contributed by atoms with Crippen molar-refractivity contribution in [2.45, 2.75) is 38.5 Å². The third kappa shape index (κ3) is 6.31. The van der Waals surface area contributed by atoms with E-state index >= 15 is 0 Å². The first kappa shape index (κ1) is 22.8. The second-order valence-corrected chi connectivity index (χ2v) is 8.55. The van der Waals surface area contributed by atoms with Gasteiger partial charge in [-0.2, -0.15) is 5.10 Å². The second-order valence-electron chi connectivity index (χ2n) is 8.55. The Morgan fingerprint density at radius 2 is 1.91 bits per heavy atom. The van der Waals surface area contributed by atoms with Gasteiger partial charge in [-0.1, -0.05) is 6.42 Å². The number of nitrogens with zero attached hydrogens (tertiary/aromatic N) is 4. The number of pyridine rings is 1. The molecule has 1 saturated heterocycles. The van der Waals surface area contributed by atoms with Crippen LogP contribution < -0.4 is 10.2 Å². The predicted octanol–water partition coefficient (Wildman–Crippen LogP) is 5.09. The van der Waals surface area contributed by atoms with Crippen LogP contribution in [0.3, 0.4) is 0 Å². The number of halogens is 1. The van der Waals surface area contributed by atoms with Gasteiger partial charge in [-0.3, -0.25) is 5.10 Å². The number of aromatic amines is 1. The molecule has 2 N–H and O–H groups in total. The summed E-state index contributed by atoms with van der Waals surface area (Å²) in [6.07, 6.45) is 7.98. The van der Waals surface area contributed by atoms with Crippen LogP contribution in [0.1, 0.15) is 37.8 Å². The number of aromatic nitrogens is 3. The van der Waals surface area contributed by atoms with E-state index in [1.165, 1.54) is 25.0 Å². The first-order valence-electron chi connectivity index (χ1n) is 11.6. The summed E-state index contributed by atoms with van der Waals surface area (Å²) in [5.74, 6) is 0.723. The molecule has 1 aliphatic rings. The summed E-state index contributed by atoms with van der Waals surface area (Å²) in [6, 6.07) is 12.1. The van der Waals surface area contributed by atoms with Crippen LogP contribution in [-0.4, -0.2) is 52.8 Å². The molecule has 33 heavy (non-hydrogen) atoms. The molecule has 4 rings (SSSR count). The first-order valence-corrected chi connectivity index (χ1v) is 11.6. The summed E-state index contributed by atoms with van der Waals surface area (Å²) in [7, 11) is 1.81. The monoisotopic (exact) mass is 450 g/mol. The predicted molar refractivity (Wildman–Crippen MR) is 129 cm³/mol. The number of rotatable bonds is 9. The van der Waals surface area contributed by atoms with E-state index in [9.17, 15) is 9.18 Å². The topological polar surface area (TPSA) is 77.2 Å². The third-order valence-electron chi connectivity index (χ3n) is 5.99. The molecule has 8 heteroatoms. The normalized spacial score (nSPS) is 13.3. The molecule has 2 amide bonds. The van der Waals surface area contributed by atoms with Gasteiger partial charge in [0.2, 0.25) is 0 Å². The van der Waals surface area contributed by atoms with E-state index in [1.807, 2.05) is 25.2 Å². The van der Waals surface area contributed by atoms with E-state index in [4.69, 9.17) is 0 Å². The lowest BCUT2D eigenvalue weighted by atomic mass is 10.1. The van der Waals surface area contributed by atoms with Crippen LogP contribution in [0.5, 0.6) is 0 Å². The van der Waals surface area contributed by atoms with Crippen molar-refractivity contribution in [1.82, 2.24) is 20.1 Å². The molecule has 174 valence electrons. The molecule has 1 aromatic carbocycles. The van der Waals surface area contributed by atoms with Crippen LogP contribution in [0.2, 0.25) is 0 Å². The molecule has 0 saturated carbocycles. The molecule has 1 aliphatic heterocycles. The largest absolute Gasteiger partial charge is 0.357 e. The molecule has 2 aromatic heterocycles. The molecule has 0 bridgehead atoms. The van der Waals surface area contributed by atoms with Crippen molar-refractivity contribution in [2.75, 3.05) is 36.9 Å². The highest BCUT2D eigenvalue weighted by Crippen LogP contribution is 2.20. The first-order chi connectivity index (χ1) is 16.1. The Labute approximate surface area is 194 Å². The Morgan fingerprint density at radius 1 is 1.12 bits per heavy atom. The highest BCUT2D eigenvalue weighted by atomic mass is 19.1. The zero-order chi connectivity index (χ0) is 23.0. The number of benzene rings is 1. The van der Waals surface area contributed by atoms with Gasteiger partial charge in [0.1, 0.15) is 11.6 Å². The minimum atomic E-state index is -0.250. The number of hydrogen-bond acceptors (Lipinski definition) is 4. The molecule has 0 atom stereocenters. The Hall–Kier alpha value is -3.42. The summed E-state index contributed by atoms with van der Waals surface area (Å²) in [6.45, 7) is 2.80. The standard InChI is InChI=1S/C25H31FN6O/c1-31(25(33)28-22-12-13-24(27-18-22)32-15-5-6-16-32)14-4-2-3-7-21-17-23(30-29-21)19-8-10-20(26)11-9-19/h8-13,17-18H,2-7,14-16H2,1H3,(H,28,33)(H,29,30). The number of H-pyrrole nitrogens is 1. The van der Waals surface area contributed by atoms with Crippen LogP contribution in [0.15, 0.2) is 48.7 Å². The average molecular weight is 451 g/mol. The average Bonchev–Trinajstić information content (AvgIpc) is 3.52. The van der Waals surface area contributed by atoms with Crippen molar-refractivity contribution in [1.29, 1.82) is 0 Å². The zero-order valence-electron chi connectivity index (χ0n) is 19.1. The fourth-order valence-electron chi connectivity index (χ4n) is 4.01. The number of urea groups is 1. The van der Waals surface area contributed by atoms with Crippen molar-refractivity contribution >= 4 is 17.5 Å². The molecule has 0 aliphatic carbocycles. The lowest BCUT2D eigenvalue weighted by Crippen LogP contribution is -2.32. The number of amides is 2. The number of nitrogens with one attached hydrogen (secondary N) is 2. The minimum Gasteiger partial charge on any atom is -0.357 e. The number of carbonyl (C=O) groups is 1. The van der Waals surface area contributed by atoms with Crippen molar-refractivity contribution in [3.8, 4) is 11.3 Å². The molecule has 1 fully saturated rings. The molecule has 3 heterocycles. The summed E-state index contributed by atoms with van der Waals surface area (Å²) >= 11 is 0. The molecular weight excluding hydrogens is 419 g/mol. The Morgan fingerprint density at radius 3 is 2.64 bits per heavy atom. The number of anilines is 2. The molecule has 0 unspecified atom stereocenters. The number of unbranched alkanes of at least 4 members (excludes halogenated alkanes) is 2. The maximum atomic E-state index is 13.1. The van der Waals surface area contributed by atoms with Crippen LogP contribution in [0.25, 0.3) is 11.3 Å². The van der Waals surface area contributed by atoms with Crippen molar-refractivity contribution in [3.05, 3.63) is 60.2 Å². The van der Waals surface area contributed by atoms with Gasteiger partial charge in [0.05, 0.1) is 17.6 Å². The van der Waals surface area contributed by atoms with Crippen LogP contribution in [0.4, 0.5) is 20.7 Å². The van der Waals surface area contributed by atoms with Gasteiger partial charge in [0.15, 0.2) is 0 Å². The van der Waals surface area contributed by atoms with Crippen LogP contribution in [0, 0.1) is 5.82 Å². The van der Waals surface area contributed by atoms with E-state index in [-0.39, 0.29) is 11.8 Å². The van der Waals surface area contributed by atoms with Crippen LogP contribution in [-0.2, 0) is 6.42 Å². The number of carbonyl (C=O) groups excluding carboxylic acids is 1. The van der Waals surface area contributed by atoms with E-state index in [0.29, 0.717) is 12.2 Å². The van der Waals surface area contributed by atoms with Gasteiger partial charge < -0.3 is 15.1 Å². The fourth-order valence-corrected chi connectivity index (χ4v) is 4.01. The molecule has 7 nitrogen and oxygen atoms in total. The molecule has 0 radical (unpaired) electrons. The third-order valence-corrected chi connectivity index (χ3v) is 5.99. The van der Waals surface area contributed by atoms with Gasteiger partial charge in [-0.15, -0.1) is 0 Å². The molecule has 3 aromatic rings. The Kier molecular flexibility index (Phi) is 7.55. The van der Waals surface area contributed by atoms with Gasteiger partial charge in [-0.25, -0.2) is 14.2 Å². The van der Waals surface area contributed by atoms with E-state index in [0.717, 1.165) is 61.5 Å². The Balaban J connectivity index is 1.14. The summed E-state index contributed by atoms with van der Waals surface area (Å²) in [5.41, 5.74) is 3.49. The lowest BCUT2D eigenvalue weighted by Gasteiger charge is -2.19. The maximum Gasteiger partial charge on any atom is 0.321 e. The number of hydrogen-bond donors (Lipinski definition) is 2. The smallest absolute Gasteiger partial charge is 0.321 e. The summed E-state index contributed by atoms with van der Waals surface area (Å²) in [5, 5.41) is 10.3. The van der Waals surface area contributed by atoms with E-state index < -0.39 is 0 Å².